The molecule has 4 heteroatoms. The Kier molecular flexibility index (Phi) is 2.90. The van der Waals surface area contributed by atoms with Gasteiger partial charge in [-0.25, -0.2) is 0 Å². The van der Waals surface area contributed by atoms with Crippen molar-refractivity contribution in [2.45, 2.75) is 45.2 Å². The second kappa shape index (κ2) is 4.43. The summed E-state index contributed by atoms with van der Waals surface area (Å²) >= 11 is 0. The van der Waals surface area contributed by atoms with E-state index >= 15 is 0 Å². The fraction of sp³-hybridized carbons (Fsp3) is 0.643. The Morgan fingerprint density at radius 1 is 1.33 bits per heavy atom. The molecule has 0 radical (unpaired) electrons. The fourth-order valence-corrected chi connectivity index (χ4v) is 3.12. The Bertz CT molecular complexity index is 466. The number of likely N-dealkylation sites (tertiary alicyclic amines) is 1. The molecule has 2 aliphatic heterocycles. The Morgan fingerprint density at radius 3 is 2.83 bits per heavy atom. The Morgan fingerprint density at radius 2 is 2.11 bits per heavy atom. The molecular formula is C14H20N2O2. The van der Waals surface area contributed by atoms with Gasteiger partial charge in [-0.2, -0.15) is 0 Å². The summed E-state index contributed by atoms with van der Waals surface area (Å²) in [6.07, 6.45) is 3.50. The lowest BCUT2D eigenvalue weighted by Gasteiger charge is -2.23. The molecule has 2 atom stereocenters. The highest BCUT2D eigenvalue weighted by atomic mass is 16.4. The molecule has 1 amide bonds. The summed E-state index contributed by atoms with van der Waals surface area (Å²) in [5.41, 5.74) is 0.944. The summed E-state index contributed by atoms with van der Waals surface area (Å²) in [6.45, 7) is 5.47. The van der Waals surface area contributed by atoms with Crippen molar-refractivity contribution < 1.29 is 9.21 Å². The van der Waals surface area contributed by atoms with Crippen LogP contribution in [0, 0.1) is 13.8 Å². The van der Waals surface area contributed by atoms with E-state index in [4.69, 9.17) is 4.42 Å². The quantitative estimate of drug-likeness (QED) is 0.825. The number of hydrogen-bond acceptors (Lipinski definition) is 3. The van der Waals surface area contributed by atoms with Crippen LogP contribution in [0.4, 0.5) is 0 Å². The first-order valence-corrected chi connectivity index (χ1v) is 6.76. The van der Waals surface area contributed by atoms with E-state index in [2.05, 4.69) is 5.32 Å². The number of carbonyl (C=O) groups is 1. The maximum atomic E-state index is 12.5. The van der Waals surface area contributed by atoms with Crippen LogP contribution in [-0.2, 0) is 0 Å². The van der Waals surface area contributed by atoms with E-state index in [-0.39, 0.29) is 5.91 Å². The van der Waals surface area contributed by atoms with E-state index in [1.54, 1.807) is 0 Å². The summed E-state index contributed by atoms with van der Waals surface area (Å²) < 4.78 is 5.54. The standard InChI is InChI=1S/C14H20N2O2/c1-9-7-10(2)18-13(9)14(17)16-6-5-11-3-4-12(8-16)15-11/h7,11-12,15H,3-6,8H2,1-2H3. The van der Waals surface area contributed by atoms with Crippen LogP contribution in [-0.4, -0.2) is 36.0 Å². The maximum Gasteiger partial charge on any atom is 0.289 e. The molecule has 2 saturated heterocycles. The predicted octanol–water partition coefficient (Wildman–Crippen LogP) is 1.86. The number of rotatable bonds is 1. The molecule has 2 bridgehead atoms. The molecular weight excluding hydrogens is 228 g/mol. The zero-order chi connectivity index (χ0) is 12.7. The smallest absolute Gasteiger partial charge is 0.289 e. The summed E-state index contributed by atoms with van der Waals surface area (Å²) in [7, 11) is 0. The van der Waals surface area contributed by atoms with Gasteiger partial charge in [-0.1, -0.05) is 0 Å². The highest BCUT2D eigenvalue weighted by molar-refractivity contribution is 5.93. The van der Waals surface area contributed by atoms with Gasteiger partial charge in [0.1, 0.15) is 5.76 Å². The van der Waals surface area contributed by atoms with Crippen LogP contribution in [0.3, 0.4) is 0 Å². The van der Waals surface area contributed by atoms with Gasteiger partial charge >= 0.3 is 0 Å². The summed E-state index contributed by atoms with van der Waals surface area (Å²) in [4.78, 5) is 14.4. The highest BCUT2D eigenvalue weighted by Gasteiger charge is 2.32. The van der Waals surface area contributed by atoms with E-state index in [1.165, 1.54) is 12.8 Å². The molecule has 0 saturated carbocycles. The van der Waals surface area contributed by atoms with Crippen molar-refractivity contribution in [3.05, 3.63) is 23.2 Å². The van der Waals surface area contributed by atoms with Crippen molar-refractivity contribution >= 4 is 5.91 Å². The van der Waals surface area contributed by atoms with Crippen molar-refractivity contribution in [2.75, 3.05) is 13.1 Å². The SMILES string of the molecule is Cc1cc(C)c(C(=O)N2CCC3CCC(C2)N3)o1. The predicted molar refractivity (Wildman–Crippen MR) is 68.6 cm³/mol. The van der Waals surface area contributed by atoms with Crippen LogP contribution in [0.5, 0.6) is 0 Å². The molecule has 2 unspecified atom stereocenters. The van der Waals surface area contributed by atoms with Crippen molar-refractivity contribution in [1.82, 2.24) is 10.2 Å². The normalized spacial score (nSPS) is 27.3. The zero-order valence-corrected chi connectivity index (χ0v) is 11.0. The first-order valence-electron chi connectivity index (χ1n) is 6.76. The lowest BCUT2D eigenvalue weighted by atomic mass is 10.1. The van der Waals surface area contributed by atoms with Crippen molar-refractivity contribution in [2.24, 2.45) is 0 Å². The van der Waals surface area contributed by atoms with Gasteiger partial charge < -0.3 is 14.6 Å². The van der Waals surface area contributed by atoms with Gasteiger partial charge in [0.25, 0.3) is 5.91 Å². The molecule has 0 aromatic carbocycles. The minimum Gasteiger partial charge on any atom is -0.456 e. The number of hydrogen-bond donors (Lipinski definition) is 1. The molecule has 2 aliphatic rings. The molecule has 1 N–H and O–H groups in total. The Balaban J connectivity index is 1.78. The van der Waals surface area contributed by atoms with Gasteiger partial charge in [-0.15, -0.1) is 0 Å². The lowest BCUT2D eigenvalue weighted by Crippen LogP contribution is -2.39. The molecule has 0 spiro atoms. The van der Waals surface area contributed by atoms with Crippen LogP contribution in [0.15, 0.2) is 10.5 Å². The lowest BCUT2D eigenvalue weighted by molar-refractivity contribution is 0.0713. The van der Waals surface area contributed by atoms with Crippen molar-refractivity contribution in [3.8, 4) is 0 Å². The number of furan rings is 1. The average molecular weight is 248 g/mol. The second-order valence-corrected chi connectivity index (χ2v) is 5.55. The van der Waals surface area contributed by atoms with E-state index < -0.39 is 0 Å². The third-order valence-corrected chi connectivity index (χ3v) is 4.05. The molecule has 1 aromatic rings. The van der Waals surface area contributed by atoms with Gasteiger partial charge in [0.15, 0.2) is 5.76 Å². The first kappa shape index (κ1) is 11.8. The van der Waals surface area contributed by atoms with E-state index in [0.717, 1.165) is 30.8 Å². The summed E-state index contributed by atoms with van der Waals surface area (Å²) in [5, 5.41) is 3.58. The number of amides is 1. The summed E-state index contributed by atoms with van der Waals surface area (Å²) in [6, 6.07) is 3.00. The van der Waals surface area contributed by atoms with E-state index in [9.17, 15) is 4.79 Å². The molecule has 4 nitrogen and oxygen atoms in total. The van der Waals surface area contributed by atoms with Crippen LogP contribution >= 0.6 is 0 Å². The Hall–Kier alpha value is -1.29. The molecule has 2 fully saturated rings. The monoisotopic (exact) mass is 248 g/mol. The second-order valence-electron chi connectivity index (χ2n) is 5.55. The van der Waals surface area contributed by atoms with Crippen molar-refractivity contribution in [3.63, 3.8) is 0 Å². The summed E-state index contributed by atoms with van der Waals surface area (Å²) in [5.74, 6) is 1.38. The van der Waals surface area contributed by atoms with Gasteiger partial charge in [-0.3, -0.25) is 4.79 Å². The number of aryl methyl sites for hydroxylation is 2. The fourth-order valence-electron chi connectivity index (χ4n) is 3.12. The third-order valence-electron chi connectivity index (χ3n) is 4.05. The zero-order valence-electron chi connectivity index (χ0n) is 11.0. The van der Waals surface area contributed by atoms with E-state index in [0.29, 0.717) is 17.8 Å². The largest absolute Gasteiger partial charge is 0.456 e. The number of nitrogens with one attached hydrogen (secondary N) is 1. The van der Waals surface area contributed by atoms with Crippen LogP contribution in [0.25, 0.3) is 0 Å². The minimum atomic E-state index is 0.0509. The van der Waals surface area contributed by atoms with Gasteiger partial charge in [0.2, 0.25) is 0 Å². The average Bonchev–Trinajstić information content (AvgIpc) is 2.81. The first-order chi connectivity index (χ1) is 8.63. The molecule has 0 aliphatic carbocycles. The maximum absolute atomic E-state index is 12.5. The molecule has 3 heterocycles. The van der Waals surface area contributed by atoms with Gasteiger partial charge in [-0.05, 0) is 39.2 Å². The third kappa shape index (κ3) is 2.05. The Labute approximate surface area is 107 Å². The van der Waals surface area contributed by atoms with Gasteiger partial charge in [0, 0.05) is 30.7 Å². The molecule has 18 heavy (non-hydrogen) atoms. The number of nitrogens with zero attached hydrogens (tertiary/aromatic N) is 1. The van der Waals surface area contributed by atoms with Crippen LogP contribution < -0.4 is 5.32 Å². The number of fused-ring (bicyclic) bond motifs is 2. The van der Waals surface area contributed by atoms with E-state index in [1.807, 2.05) is 24.8 Å². The van der Waals surface area contributed by atoms with Gasteiger partial charge in [0.05, 0.1) is 0 Å². The molecule has 3 rings (SSSR count). The minimum absolute atomic E-state index is 0.0509. The molecule has 98 valence electrons. The van der Waals surface area contributed by atoms with Crippen molar-refractivity contribution in [1.29, 1.82) is 0 Å². The molecule has 1 aromatic heterocycles. The van der Waals surface area contributed by atoms with Crippen LogP contribution in [0.1, 0.15) is 41.1 Å². The topological polar surface area (TPSA) is 45.5 Å². The number of carbonyl (C=O) groups excluding carboxylic acids is 1. The highest BCUT2D eigenvalue weighted by Crippen LogP contribution is 2.23. The van der Waals surface area contributed by atoms with Crippen LogP contribution in [0.2, 0.25) is 0 Å².